The Kier molecular flexibility index (Phi) is 13.0. The van der Waals surface area contributed by atoms with Crippen LogP contribution in [0.15, 0.2) is 174 Å². The van der Waals surface area contributed by atoms with E-state index in [1.807, 2.05) is 62.5 Å². The van der Waals surface area contributed by atoms with Crippen LogP contribution in [0, 0.1) is 24.9 Å². The fourth-order valence-electron chi connectivity index (χ4n) is 9.58. The Hall–Kier alpha value is -6.63. The molecule has 7 heteroatoms. The van der Waals surface area contributed by atoms with Gasteiger partial charge in [-0.1, -0.05) is 156 Å². The van der Waals surface area contributed by atoms with Crippen LogP contribution in [0.3, 0.4) is 0 Å². The minimum Gasteiger partial charge on any atom is -0.660 e. The Balaban J connectivity index is 0.000000251. The molecule has 70 heavy (non-hydrogen) atoms. The number of furan rings is 1. The molecule has 0 saturated heterocycles. The molecule has 0 amide bonds. The van der Waals surface area contributed by atoms with Crippen LogP contribution in [0.5, 0.6) is 0 Å². The van der Waals surface area contributed by atoms with Gasteiger partial charge in [-0.2, -0.15) is 18.2 Å². The number of pyridine rings is 1. The van der Waals surface area contributed by atoms with Crippen LogP contribution in [0.1, 0.15) is 70.3 Å². The van der Waals surface area contributed by atoms with E-state index in [4.69, 9.17) is 11.1 Å². The molecule has 8 aromatic carbocycles. The molecule has 11 rings (SSSR count). The van der Waals surface area contributed by atoms with Gasteiger partial charge in [-0.15, -0.1) is 47.1 Å². The van der Waals surface area contributed by atoms with Gasteiger partial charge < -0.3 is 19.6 Å². The average Bonchev–Trinajstić information content (AvgIpc) is 3.92. The second-order valence-corrected chi connectivity index (χ2v) is 25.5. The van der Waals surface area contributed by atoms with Gasteiger partial charge in [0.05, 0.1) is 13.8 Å². The third-order valence-corrected chi connectivity index (χ3v) is 15.2. The second kappa shape index (κ2) is 19.3. The monoisotopic (exact) mass is 1110 g/mol. The predicted molar refractivity (Wildman–Crippen MR) is 291 cm³/mol. The van der Waals surface area contributed by atoms with Crippen LogP contribution in [0.2, 0.25) is 19.6 Å². The molecule has 0 fully saturated rings. The number of anilines is 2. The van der Waals surface area contributed by atoms with Gasteiger partial charge in [-0.05, 0) is 105 Å². The van der Waals surface area contributed by atoms with Gasteiger partial charge in [0.2, 0.25) is 0 Å². The predicted octanol–water partition coefficient (Wildman–Crippen LogP) is 17.7. The molecule has 3 heterocycles. The van der Waals surface area contributed by atoms with E-state index in [9.17, 15) is 4.39 Å². The van der Waals surface area contributed by atoms with Crippen molar-refractivity contribution in [1.29, 1.82) is 0 Å². The fraction of sp³-hybridized carbons (Fsp3) is 0.190. The molecule has 2 aromatic heterocycles. The van der Waals surface area contributed by atoms with Crippen molar-refractivity contribution in [2.24, 2.45) is 0 Å². The Morgan fingerprint density at radius 3 is 2.04 bits per heavy atom. The van der Waals surface area contributed by atoms with Gasteiger partial charge in [0.1, 0.15) is 11.4 Å². The molecule has 10 aromatic rings. The molecular weight excluding hydrogens is 1050 g/mol. The summed E-state index contributed by atoms with van der Waals surface area (Å²) in [5.41, 5.74) is 15.0. The standard InChI is InChI=1S/C46H35FN2O.C17H22NSi.Ir/c1-28-18-21-35-36-16-11-17-37(44(36)50-41(35)24-28)45-48-42-34-22-20-33(47)25-31(34)19-23-40(42)49(45)43-38(29-12-7-5-8-13-29)26-32(46(2,3)4)27-39(43)30-14-9-6-10-15-30;1-13(2)15-11-16(14-9-7-6-8-10-14)18-12-17(15)19(3,4)5;/h5-16,18-27,45H,1-4H3;6-9,11-13H,1-5H3;/q-2;-1;+3/i;13D;. The van der Waals surface area contributed by atoms with Crippen molar-refractivity contribution in [3.05, 3.63) is 216 Å². The number of benzene rings is 8. The number of aromatic nitrogens is 1. The fourth-order valence-corrected chi connectivity index (χ4v) is 11.2. The van der Waals surface area contributed by atoms with Gasteiger partial charge in [0.15, 0.2) is 0 Å². The zero-order chi connectivity index (χ0) is 49.1. The summed E-state index contributed by atoms with van der Waals surface area (Å²) in [5.74, 6) is -0.878. The van der Waals surface area contributed by atoms with Crippen molar-refractivity contribution in [3.8, 4) is 33.5 Å². The molecule has 1 aliphatic heterocycles. The second-order valence-electron chi connectivity index (χ2n) is 20.5. The third kappa shape index (κ3) is 9.26. The molecule has 0 radical (unpaired) electrons. The number of hydrogen-bond donors (Lipinski definition) is 0. The molecule has 0 bridgehead atoms. The molecule has 1 aliphatic rings. The van der Waals surface area contributed by atoms with Crippen molar-refractivity contribution in [1.82, 2.24) is 4.98 Å². The Morgan fingerprint density at radius 1 is 0.743 bits per heavy atom. The molecule has 1 atom stereocenters. The van der Waals surface area contributed by atoms with Gasteiger partial charge >= 0.3 is 20.1 Å². The SMILES string of the molecule is Cc1ccc2c(c1)oc1c(C3[N-]c4c(ccc5cc(F)ccc45)N3c3c(-c4ccccc4)cc(C(C)(C)C)cc3-c3ccccc3)[c-]ccc12.[2H]C(C)(C)c1cc(-c2[c-]cccc2)ncc1[Si](C)(C)C.[Ir+3]. The Bertz CT molecular complexity index is 3500. The minimum atomic E-state index is -1.50. The zero-order valence-electron chi connectivity index (χ0n) is 42.2. The smallest absolute Gasteiger partial charge is 0.660 e. The summed E-state index contributed by atoms with van der Waals surface area (Å²) in [6.45, 7) is 19.7. The molecule has 350 valence electrons. The van der Waals surface area contributed by atoms with Gasteiger partial charge in [-0.3, -0.25) is 0 Å². The van der Waals surface area contributed by atoms with Crippen molar-refractivity contribution < 1.29 is 30.3 Å². The maximum atomic E-state index is 14.5. The molecule has 4 nitrogen and oxygen atoms in total. The molecule has 0 spiro atoms. The number of hydrogen-bond acceptors (Lipinski definition) is 3. The first-order valence-corrected chi connectivity index (χ1v) is 27.3. The summed E-state index contributed by atoms with van der Waals surface area (Å²) < 4.78 is 29.7. The number of nitrogens with zero attached hydrogens (tertiary/aromatic N) is 3. The van der Waals surface area contributed by atoms with Crippen molar-refractivity contribution in [2.75, 3.05) is 4.90 Å². The van der Waals surface area contributed by atoms with E-state index in [2.05, 4.69) is 179 Å². The summed E-state index contributed by atoms with van der Waals surface area (Å²) in [6.07, 6.45) is 1.46. The van der Waals surface area contributed by atoms with Crippen LogP contribution < -0.4 is 10.1 Å². The molecule has 1 unspecified atom stereocenters. The van der Waals surface area contributed by atoms with E-state index in [0.717, 1.165) is 100.0 Å². The first kappa shape index (κ1) is 47.1. The molecule has 0 saturated carbocycles. The summed E-state index contributed by atoms with van der Waals surface area (Å²) in [6, 6.07) is 62.1. The molecular formula is C63H57FIrN3OSi. The number of fused-ring (bicyclic) bond motifs is 6. The van der Waals surface area contributed by atoms with Crippen LogP contribution in [-0.4, -0.2) is 13.1 Å². The maximum absolute atomic E-state index is 14.5. The number of rotatable bonds is 7. The van der Waals surface area contributed by atoms with Crippen LogP contribution in [-0.2, 0) is 25.5 Å². The average molecular weight is 1110 g/mol. The third-order valence-electron chi connectivity index (χ3n) is 13.2. The summed E-state index contributed by atoms with van der Waals surface area (Å²) in [5, 5.41) is 10.6. The van der Waals surface area contributed by atoms with Crippen LogP contribution in [0.4, 0.5) is 21.5 Å². The number of halogens is 1. The largest absolute Gasteiger partial charge is 3.00 e. The number of aryl methyl sites for hydroxylation is 1. The first-order chi connectivity index (χ1) is 33.4. The molecule has 0 N–H and O–H groups in total. The Labute approximate surface area is 428 Å². The van der Waals surface area contributed by atoms with Crippen LogP contribution in [0.25, 0.3) is 71.5 Å². The van der Waals surface area contributed by atoms with Gasteiger partial charge in [0.25, 0.3) is 0 Å². The normalized spacial score (nSPS) is 13.9. The van der Waals surface area contributed by atoms with Gasteiger partial charge in [-0.25, -0.2) is 4.39 Å². The van der Waals surface area contributed by atoms with E-state index < -0.39 is 20.1 Å². The first-order valence-electron chi connectivity index (χ1n) is 24.3. The summed E-state index contributed by atoms with van der Waals surface area (Å²) in [7, 11) is -1.50. The Morgan fingerprint density at radius 2 is 1.41 bits per heavy atom. The topological polar surface area (TPSA) is 43.4 Å². The van der Waals surface area contributed by atoms with E-state index in [1.165, 1.54) is 16.8 Å². The van der Waals surface area contributed by atoms with Crippen molar-refractivity contribution in [2.45, 2.75) is 78.7 Å². The maximum Gasteiger partial charge on any atom is 3.00 e. The van der Waals surface area contributed by atoms with Crippen LogP contribution >= 0.6 is 0 Å². The van der Waals surface area contributed by atoms with E-state index in [1.54, 1.807) is 6.07 Å². The van der Waals surface area contributed by atoms with E-state index >= 15 is 0 Å². The van der Waals surface area contributed by atoms with Crippen molar-refractivity contribution >= 4 is 63.0 Å². The summed E-state index contributed by atoms with van der Waals surface area (Å²) in [4.78, 5) is 6.97. The zero-order valence-corrected chi connectivity index (χ0v) is 44.6. The minimum absolute atomic E-state index is 0. The quantitative estimate of drug-likeness (QED) is 0.118. The van der Waals surface area contributed by atoms with Crippen molar-refractivity contribution in [3.63, 3.8) is 0 Å². The van der Waals surface area contributed by atoms with E-state index in [-0.39, 0.29) is 31.3 Å². The molecule has 0 aliphatic carbocycles. The van der Waals surface area contributed by atoms with Gasteiger partial charge in [0, 0.05) is 35.4 Å². The summed E-state index contributed by atoms with van der Waals surface area (Å²) >= 11 is 0. The van der Waals surface area contributed by atoms with E-state index in [0.29, 0.717) is 0 Å².